The predicted octanol–water partition coefficient (Wildman–Crippen LogP) is 6.10. The number of carbonyl (C=O) groups excluding carboxylic acids is 1. The fourth-order valence-corrected chi connectivity index (χ4v) is 4.14. The summed E-state index contributed by atoms with van der Waals surface area (Å²) in [6.45, 7) is -0.958. The first-order chi connectivity index (χ1) is 15.5. The zero-order chi connectivity index (χ0) is 22.5. The molecule has 3 heterocycles. The predicted molar refractivity (Wildman–Crippen MR) is 118 cm³/mol. The number of pyridine rings is 1. The summed E-state index contributed by atoms with van der Waals surface area (Å²) in [5.74, 6) is 0.519. The van der Waals surface area contributed by atoms with Crippen LogP contribution >= 0.6 is 11.3 Å². The Labute approximate surface area is 186 Å². The second-order valence-corrected chi connectivity index (χ2v) is 8.07. The normalized spacial score (nSPS) is 11.9. The largest absolute Gasteiger partial charge is 0.459 e. The van der Waals surface area contributed by atoms with Gasteiger partial charge in [-0.3, -0.25) is 4.79 Å². The van der Waals surface area contributed by atoms with Crippen LogP contribution < -0.4 is 15.4 Å². The molecule has 1 atom stereocenters. The summed E-state index contributed by atoms with van der Waals surface area (Å²) in [5.41, 5.74) is 1.59. The van der Waals surface area contributed by atoms with E-state index in [1.807, 2.05) is 25.1 Å². The molecule has 0 radical (unpaired) electrons. The average Bonchev–Trinajstić information content (AvgIpc) is 3.43. The Hall–Kier alpha value is -3.72. The molecule has 9 heteroatoms. The monoisotopic (exact) mass is 455 g/mol. The summed E-state index contributed by atoms with van der Waals surface area (Å²) < 4.78 is 34.7. The highest BCUT2D eigenvalue weighted by atomic mass is 32.1. The first-order valence-electron chi connectivity index (χ1n) is 9.67. The molecular weight excluding hydrogens is 436 g/mol. The van der Waals surface area contributed by atoms with Gasteiger partial charge in [0.15, 0.2) is 5.76 Å². The summed E-state index contributed by atoms with van der Waals surface area (Å²) in [6.07, 6.45) is 3.10. The number of furan rings is 1. The van der Waals surface area contributed by atoms with Gasteiger partial charge in [0.25, 0.3) is 5.91 Å². The van der Waals surface area contributed by atoms with Crippen LogP contribution in [0.25, 0.3) is 0 Å². The molecule has 4 aromatic rings. The molecule has 3 aromatic heterocycles. The number of aryl methyl sites for hydroxylation is 1. The molecule has 0 saturated carbocycles. The molecular formula is C23H19F2N3O3S. The maximum atomic E-state index is 12.6. The molecule has 164 valence electrons. The third kappa shape index (κ3) is 5.12. The Kier molecular flexibility index (Phi) is 6.46. The molecule has 2 N–H and O–H groups in total. The smallest absolute Gasteiger partial charge is 0.387 e. The fraction of sp³-hybridized carbons (Fsp3) is 0.130. The molecule has 1 amide bonds. The van der Waals surface area contributed by atoms with Crippen LogP contribution in [0.5, 0.6) is 5.75 Å². The fourth-order valence-electron chi connectivity index (χ4n) is 3.20. The number of aromatic nitrogens is 1. The van der Waals surface area contributed by atoms with Gasteiger partial charge in [-0.1, -0.05) is 18.2 Å². The summed E-state index contributed by atoms with van der Waals surface area (Å²) in [7, 11) is 0. The van der Waals surface area contributed by atoms with Gasteiger partial charge in [0.1, 0.15) is 16.6 Å². The molecule has 0 aliphatic rings. The van der Waals surface area contributed by atoms with E-state index in [4.69, 9.17) is 4.42 Å². The Morgan fingerprint density at radius 3 is 2.59 bits per heavy atom. The Balaban J connectivity index is 1.69. The minimum absolute atomic E-state index is 0.0631. The van der Waals surface area contributed by atoms with E-state index in [1.165, 1.54) is 29.7 Å². The lowest BCUT2D eigenvalue weighted by Crippen LogP contribution is -2.17. The molecule has 0 bridgehead atoms. The van der Waals surface area contributed by atoms with Crippen molar-refractivity contribution in [1.82, 2.24) is 4.98 Å². The van der Waals surface area contributed by atoms with Crippen LogP contribution in [0.15, 0.2) is 77.5 Å². The SMILES string of the molecule is Cc1cc([C@H](Nc2ccccn2)c2ccc(OC(F)F)cc2)c(NC(=O)c2ccco2)s1. The number of alkyl halides is 2. The van der Waals surface area contributed by atoms with Crippen LogP contribution in [0, 0.1) is 6.92 Å². The molecule has 32 heavy (non-hydrogen) atoms. The van der Waals surface area contributed by atoms with E-state index in [2.05, 4.69) is 20.4 Å². The minimum atomic E-state index is -2.90. The zero-order valence-corrected chi connectivity index (χ0v) is 17.7. The number of amides is 1. The Bertz CT molecular complexity index is 1160. The number of halogens is 2. The first kappa shape index (κ1) is 21.5. The van der Waals surface area contributed by atoms with Crippen molar-refractivity contribution in [3.63, 3.8) is 0 Å². The van der Waals surface area contributed by atoms with Crippen molar-refractivity contribution < 1.29 is 22.7 Å². The molecule has 0 aliphatic heterocycles. The summed E-state index contributed by atoms with van der Waals surface area (Å²) in [4.78, 5) is 17.9. The summed E-state index contributed by atoms with van der Waals surface area (Å²) >= 11 is 1.43. The highest BCUT2D eigenvalue weighted by Crippen LogP contribution is 2.38. The van der Waals surface area contributed by atoms with E-state index in [0.717, 1.165) is 16.0 Å². The van der Waals surface area contributed by atoms with Crippen molar-refractivity contribution in [2.75, 3.05) is 10.6 Å². The van der Waals surface area contributed by atoms with Crippen LogP contribution in [-0.2, 0) is 0 Å². The molecule has 0 unspecified atom stereocenters. The van der Waals surface area contributed by atoms with Crippen molar-refractivity contribution >= 4 is 28.1 Å². The first-order valence-corrected chi connectivity index (χ1v) is 10.5. The second-order valence-electron chi connectivity index (χ2n) is 6.81. The lowest BCUT2D eigenvalue weighted by atomic mass is 9.99. The van der Waals surface area contributed by atoms with Gasteiger partial charge in [-0.05, 0) is 55.0 Å². The van der Waals surface area contributed by atoms with Crippen molar-refractivity contribution in [1.29, 1.82) is 0 Å². The average molecular weight is 455 g/mol. The van der Waals surface area contributed by atoms with Crippen LogP contribution in [0.4, 0.5) is 19.6 Å². The number of thiophene rings is 1. The molecule has 0 spiro atoms. The molecule has 0 saturated heterocycles. The highest BCUT2D eigenvalue weighted by Gasteiger charge is 2.23. The van der Waals surface area contributed by atoms with Crippen molar-refractivity contribution in [2.45, 2.75) is 19.6 Å². The second kappa shape index (κ2) is 9.61. The van der Waals surface area contributed by atoms with Crippen molar-refractivity contribution in [3.8, 4) is 5.75 Å². The maximum absolute atomic E-state index is 12.6. The number of benzene rings is 1. The van der Waals surface area contributed by atoms with E-state index in [9.17, 15) is 13.6 Å². The van der Waals surface area contributed by atoms with Crippen molar-refractivity contribution in [2.24, 2.45) is 0 Å². The van der Waals surface area contributed by atoms with E-state index in [-0.39, 0.29) is 17.4 Å². The number of hydrogen-bond acceptors (Lipinski definition) is 6. The molecule has 6 nitrogen and oxygen atoms in total. The van der Waals surface area contributed by atoms with Crippen LogP contribution in [0.2, 0.25) is 0 Å². The molecule has 1 aromatic carbocycles. The number of rotatable bonds is 8. The molecule has 0 aliphatic carbocycles. The third-order valence-corrected chi connectivity index (χ3v) is 5.54. The van der Waals surface area contributed by atoms with Gasteiger partial charge in [0.05, 0.1) is 12.3 Å². The van der Waals surface area contributed by atoms with E-state index >= 15 is 0 Å². The van der Waals surface area contributed by atoms with Crippen LogP contribution in [0.3, 0.4) is 0 Å². The summed E-state index contributed by atoms with van der Waals surface area (Å²) in [5, 5.41) is 6.92. The topological polar surface area (TPSA) is 76.4 Å². The molecule has 0 fully saturated rings. The lowest BCUT2D eigenvalue weighted by Gasteiger charge is -2.21. The minimum Gasteiger partial charge on any atom is -0.459 e. The van der Waals surface area contributed by atoms with Gasteiger partial charge in [-0.15, -0.1) is 11.3 Å². The number of carbonyl (C=O) groups is 1. The number of nitrogens with zero attached hydrogens (tertiary/aromatic N) is 1. The van der Waals surface area contributed by atoms with Crippen LogP contribution in [-0.4, -0.2) is 17.5 Å². The number of nitrogens with one attached hydrogen (secondary N) is 2. The Morgan fingerprint density at radius 2 is 1.94 bits per heavy atom. The number of ether oxygens (including phenoxy) is 1. The highest BCUT2D eigenvalue weighted by molar-refractivity contribution is 7.16. The van der Waals surface area contributed by atoms with Gasteiger partial charge < -0.3 is 19.8 Å². The number of anilines is 2. The maximum Gasteiger partial charge on any atom is 0.387 e. The quantitative estimate of drug-likeness (QED) is 0.336. The van der Waals surface area contributed by atoms with Crippen molar-refractivity contribution in [3.05, 3.63) is 94.9 Å². The summed E-state index contributed by atoms with van der Waals surface area (Å²) in [6, 6.07) is 16.6. The van der Waals surface area contributed by atoms with E-state index in [1.54, 1.807) is 36.5 Å². The standard InChI is InChI=1S/C23H19F2N3O3S/c1-14-13-17(22(32-14)28-21(29)18-5-4-12-30-18)20(27-19-6-2-3-11-26-19)15-7-9-16(10-8-15)31-23(24)25/h2-13,20,23H,1H3,(H,26,27)(H,28,29)/t20-/m1/s1. The van der Waals surface area contributed by atoms with E-state index < -0.39 is 12.7 Å². The molecule has 4 rings (SSSR count). The Morgan fingerprint density at radius 1 is 1.12 bits per heavy atom. The van der Waals surface area contributed by atoms with Gasteiger partial charge in [0, 0.05) is 16.6 Å². The zero-order valence-electron chi connectivity index (χ0n) is 16.9. The lowest BCUT2D eigenvalue weighted by molar-refractivity contribution is -0.0498. The van der Waals surface area contributed by atoms with Crippen LogP contribution in [0.1, 0.15) is 32.6 Å². The van der Waals surface area contributed by atoms with Gasteiger partial charge in [0.2, 0.25) is 0 Å². The van der Waals surface area contributed by atoms with Gasteiger partial charge >= 0.3 is 6.61 Å². The number of hydrogen-bond donors (Lipinski definition) is 2. The van der Waals surface area contributed by atoms with Gasteiger partial charge in [-0.25, -0.2) is 4.98 Å². The van der Waals surface area contributed by atoms with Gasteiger partial charge in [-0.2, -0.15) is 8.78 Å². The third-order valence-electron chi connectivity index (χ3n) is 4.56. The van der Waals surface area contributed by atoms with E-state index in [0.29, 0.717) is 10.8 Å².